The summed E-state index contributed by atoms with van der Waals surface area (Å²) in [6, 6.07) is 10.2. The van der Waals surface area contributed by atoms with Gasteiger partial charge in [0.2, 0.25) is 0 Å². The van der Waals surface area contributed by atoms with E-state index in [-0.39, 0.29) is 12.2 Å². The maximum Gasteiger partial charge on any atom is 0.163 e. The fraction of sp³-hybridized carbons (Fsp3) is 0.625. The van der Waals surface area contributed by atoms with Crippen LogP contribution in [0.3, 0.4) is 0 Å². The minimum absolute atomic E-state index is 0.0856. The van der Waals surface area contributed by atoms with Gasteiger partial charge in [-0.05, 0) is 26.3 Å². The van der Waals surface area contributed by atoms with Crippen LogP contribution in [0.5, 0.6) is 0 Å². The summed E-state index contributed by atoms with van der Waals surface area (Å²) in [5.41, 5.74) is 1.19. The van der Waals surface area contributed by atoms with Crippen molar-refractivity contribution in [1.29, 1.82) is 0 Å². The molecule has 0 amide bonds. The molecule has 0 spiro atoms. The lowest BCUT2D eigenvalue weighted by Gasteiger charge is -2.43. The summed E-state index contributed by atoms with van der Waals surface area (Å²) in [5, 5.41) is 0. The van der Waals surface area contributed by atoms with E-state index >= 15 is 0 Å². The van der Waals surface area contributed by atoms with Gasteiger partial charge in [-0.2, -0.15) is 0 Å². The molecule has 0 aliphatic carbocycles. The number of rotatable bonds is 4. The second-order valence-electron chi connectivity index (χ2n) is 5.74. The van der Waals surface area contributed by atoms with Crippen LogP contribution in [0.2, 0.25) is 0 Å². The highest BCUT2D eigenvalue weighted by atomic mass is 16.7. The largest absolute Gasteiger partial charge is 0.374 e. The van der Waals surface area contributed by atoms with Gasteiger partial charge in [0.25, 0.3) is 0 Å². The Morgan fingerprint density at radius 1 is 1.11 bits per heavy atom. The van der Waals surface area contributed by atoms with Crippen molar-refractivity contribution < 1.29 is 14.2 Å². The standard InChI is InChI=1S/C16H24O3/c1-12-13(2)18-16(3,4)19-15(12)11-17-10-14-8-6-5-7-9-14/h5-9,12-13,15H,10-11H2,1-4H3/t12-,13+,15+/m1/s1. The fourth-order valence-corrected chi connectivity index (χ4v) is 2.41. The van der Waals surface area contributed by atoms with Crippen LogP contribution in [-0.2, 0) is 20.8 Å². The molecule has 0 N–H and O–H groups in total. The Balaban J connectivity index is 1.84. The Bertz CT molecular complexity index is 388. The van der Waals surface area contributed by atoms with Crippen molar-refractivity contribution in [2.24, 2.45) is 5.92 Å². The highest BCUT2D eigenvalue weighted by Gasteiger charge is 2.38. The van der Waals surface area contributed by atoms with Crippen molar-refractivity contribution in [1.82, 2.24) is 0 Å². The van der Waals surface area contributed by atoms with E-state index in [0.29, 0.717) is 19.1 Å². The van der Waals surface area contributed by atoms with Gasteiger partial charge in [0.1, 0.15) is 0 Å². The Morgan fingerprint density at radius 2 is 1.79 bits per heavy atom. The zero-order valence-electron chi connectivity index (χ0n) is 12.3. The molecule has 1 fully saturated rings. The molecular weight excluding hydrogens is 240 g/mol. The summed E-state index contributed by atoms with van der Waals surface area (Å²) >= 11 is 0. The number of hydrogen-bond acceptors (Lipinski definition) is 3. The van der Waals surface area contributed by atoms with E-state index < -0.39 is 5.79 Å². The first-order chi connectivity index (χ1) is 8.98. The minimum atomic E-state index is -0.521. The molecule has 1 aromatic rings. The summed E-state index contributed by atoms with van der Waals surface area (Å²) in [5.74, 6) is -0.184. The van der Waals surface area contributed by atoms with Gasteiger partial charge < -0.3 is 14.2 Å². The molecule has 1 aliphatic heterocycles. The molecule has 1 aromatic carbocycles. The monoisotopic (exact) mass is 264 g/mol. The predicted octanol–water partition coefficient (Wildman–Crippen LogP) is 3.38. The Morgan fingerprint density at radius 3 is 2.47 bits per heavy atom. The lowest BCUT2D eigenvalue weighted by molar-refractivity contribution is -0.321. The average Bonchev–Trinajstić information content (AvgIpc) is 2.36. The van der Waals surface area contributed by atoms with Crippen molar-refractivity contribution in [3.8, 4) is 0 Å². The molecule has 3 heteroatoms. The van der Waals surface area contributed by atoms with Crippen molar-refractivity contribution in [3.63, 3.8) is 0 Å². The lowest BCUT2D eigenvalue weighted by Crippen LogP contribution is -2.50. The first-order valence-corrected chi connectivity index (χ1v) is 6.95. The molecule has 2 rings (SSSR count). The minimum Gasteiger partial charge on any atom is -0.374 e. The summed E-state index contributed by atoms with van der Waals surface area (Å²) in [7, 11) is 0. The molecule has 3 nitrogen and oxygen atoms in total. The molecule has 1 saturated heterocycles. The highest BCUT2D eigenvalue weighted by Crippen LogP contribution is 2.30. The first-order valence-electron chi connectivity index (χ1n) is 6.95. The van der Waals surface area contributed by atoms with Crippen molar-refractivity contribution in [2.45, 2.75) is 52.3 Å². The van der Waals surface area contributed by atoms with Crippen LogP contribution in [0, 0.1) is 5.92 Å². The smallest absolute Gasteiger partial charge is 0.163 e. The first kappa shape index (κ1) is 14.5. The molecular formula is C16H24O3. The van der Waals surface area contributed by atoms with Gasteiger partial charge in [-0.1, -0.05) is 37.3 Å². The lowest BCUT2D eigenvalue weighted by atomic mass is 9.97. The highest BCUT2D eigenvalue weighted by molar-refractivity contribution is 5.13. The normalized spacial score (nSPS) is 30.2. The molecule has 1 aliphatic rings. The van der Waals surface area contributed by atoms with Gasteiger partial charge in [0.05, 0.1) is 25.4 Å². The van der Waals surface area contributed by atoms with Gasteiger partial charge >= 0.3 is 0 Å². The molecule has 106 valence electrons. The van der Waals surface area contributed by atoms with Crippen LogP contribution < -0.4 is 0 Å². The quantitative estimate of drug-likeness (QED) is 0.834. The number of hydrogen-bond donors (Lipinski definition) is 0. The average molecular weight is 264 g/mol. The summed E-state index contributed by atoms with van der Waals surface area (Å²) < 4.78 is 17.5. The SMILES string of the molecule is C[C@@H]1[C@H](C)OC(C)(C)O[C@H]1COCc1ccccc1. The van der Waals surface area contributed by atoms with Gasteiger partial charge in [-0.15, -0.1) is 0 Å². The molecule has 0 unspecified atom stereocenters. The molecule has 0 saturated carbocycles. The van der Waals surface area contributed by atoms with Crippen molar-refractivity contribution in [2.75, 3.05) is 6.61 Å². The van der Waals surface area contributed by atoms with Crippen molar-refractivity contribution in [3.05, 3.63) is 35.9 Å². The zero-order chi connectivity index (χ0) is 13.9. The van der Waals surface area contributed by atoms with Crippen LogP contribution in [-0.4, -0.2) is 24.6 Å². The van der Waals surface area contributed by atoms with Crippen LogP contribution in [0.25, 0.3) is 0 Å². The van der Waals surface area contributed by atoms with E-state index in [4.69, 9.17) is 14.2 Å². The third-order valence-electron chi connectivity index (χ3n) is 3.63. The van der Waals surface area contributed by atoms with E-state index in [0.717, 1.165) is 0 Å². The Labute approximate surface area is 115 Å². The summed E-state index contributed by atoms with van der Waals surface area (Å²) in [6.07, 6.45) is 0.275. The van der Waals surface area contributed by atoms with Gasteiger partial charge in [-0.25, -0.2) is 0 Å². The van der Waals surface area contributed by atoms with E-state index in [1.807, 2.05) is 32.0 Å². The maximum absolute atomic E-state index is 5.95. The second-order valence-corrected chi connectivity index (χ2v) is 5.74. The van der Waals surface area contributed by atoms with Crippen LogP contribution in [0.1, 0.15) is 33.3 Å². The van der Waals surface area contributed by atoms with E-state index in [9.17, 15) is 0 Å². The van der Waals surface area contributed by atoms with E-state index in [1.54, 1.807) is 0 Å². The zero-order valence-corrected chi connectivity index (χ0v) is 12.3. The third kappa shape index (κ3) is 4.03. The molecule has 3 atom stereocenters. The summed E-state index contributed by atoms with van der Waals surface area (Å²) in [6.45, 7) is 9.39. The summed E-state index contributed by atoms with van der Waals surface area (Å²) in [4.78, 5) is 0. The second kappa shape index (κ2) is 6.04. The van der Waals surface area contributed by atoms with Gasteiger partial charge in [-0.3, -0.25) is 0 Å². The topological polar surface area (TPSA) is 27.7 Å². The molecule has 19 heavy (non-hydrogen) atoms. The number of benzene rings is 1. The maximum atomic E-state index is 5.95. The van der Waals surface area contributed by atoms with Crippen molar-refractivity contribution >= 4 is 0 Å². The molecule has 0 aromatic heterocycles. The number of ether oxygens (including phenoxy) is 3. The van der Waals surface area contributed by atoms with E-state index in [2.05, 4.69) is 26.0 Å². The fourth-order valence-electron chi connectivity index (χ4n) is 2.41. The van der Waals surface area contributed by atoms with Crippen LogP contribution in [0.4, 0.5) is 0 Å². The van der Waals surface area contributed by atoms with Gasteiger partial charge in [0.15, 0.2) is 5.79 Å². The Kier molecular flexibility index (Phi) is 4.61. The van der Waals surface area contributed by atoms with Crippen LogP contribution >= 0.6 is 0 Å². The molecule has 0 bridgehead atoms. The molecule has 0 radical (unpaired) electrons. The molecule has 1 heterocycles. The van der Waals surface area contributed by atoms with Gasteiger partial charge in [0, 0.05) is 5.92 Å². The Hall–Kier alpha value is -0.900. The van der Waals surface area contributed by atoms with Crippen LogP contribution in [0.15, 0.2) is 30.3 Å². The third-order valence-corrected chi connectivity index (χ3v) is 3.63. The van der Waals surface area contributed by atoms with E-state index in [1.165, 1.54) is 5.56 Å². The predicted molar refractivity (Wildman–Crippen MR) is 74.8 cm³/mol.